The Morgan fingerprint density at radius 2 is 2.04 bits per heavy atom. The first-order chi connectivity index (χ1) is 12.1. The minimum atomic E-state index is -0.242. The Labute approximate surface area is 151 Å². The maximum atomic E-state index is 12.6. The SMILES string of the molecule is COCCCN(CC(=O)Nc1nc(C)cs1)C(=O)Cc1ccccc1. The molecular weight excluding hydrogens is 338 g/mol. The molecule has 1 aromatic carbocycles. The van der Waals surface area contributed by atoms with Crippen LogP contribution in [-0.4, -0.2) is 48.5 Å². The van der Waals surface area contributed by atoms with E-state index in [-0.39, 0.29) is 24.8 Å². The second-order valence-corrected chi connectivity index (χ2v) is 6.52. The van der Waals surface area contributed by atoms with Crippen LogP contribution in [0.5, 0.6) is 0 Å². The van der Waals surface area contributed by atoms with Crippen molar-refractivity contribution in [3.8, 4) is 0 Å². The molecule has 25 heavy (non-hydrogen) atoms. The van der Waals surface area contributed by atoms with Crippen molar-refractivity contribution in [2.75, 3.05) is 32.1 Å². The molecular formula is C18H23N3O3S. The highest BCUT2D eigenvalue weighted by molar-refractivity contribution is 7.13. The molecule has 0 aliphatic rings. The molecule has 0 atom stereocenters. The van der Waals surface area contributed by atoms with Crippen LogP contribution in [0.15, 0.2) is 35.7 Å². The van der Waals surface area contributed by atoms with Gasteiger partial charge in [-0.1, -0.05) is 30.3 Å². The van der Waals surface area contributed by atoms with E-state index in [0.717, 1.165) is 11.3 Å². The lowest BCUT2D eigenvalue weighted by Gasteiger charge is -2.22. The Kier molecular flexibility index (Phi) is 7.56. The van der Waals surface area contributed by atoms with Crippen LogP contribution in [0, 0.1) is 6.92 Å². The van der Waals surface area contributed by atoms with Crippen LogP contribution in [0.3, 0.4) is 0 Å². The molecule has 0 bridgehead atoms. The van der Waals surface area contributed by atoms with Crippen LogP contribution in [0.25, 0.3) is 0 Å². The first kappa shape index (κ1) is 19.1. The van der Waals surface area contributed by atoms with Gasteiger partial charge in [-0.3, -0.25) is 9.59 Å². The Hall–Kier alpha value is -2.25. The van der Waals surface area contributed by atoms with E-state index < -0.39 is 0 Å². The summed E-state index contributed by atoms with van der Waals surface area (Å²) in [4.78, 5) is 30.6. The number of nitrogens with zero attached hydrogens (tertiary/aromatic N) is 2. The molecule has 2 rings (SSSR count). The first-order valence-electron chi connectivity index (χ1n) is 8.11. The molecule has 0 saturated carbocycles. The lowest BCUT2D eigenvalue weighted by molar-refractivity contribution is -0.134. The number of amides is 2. The molecule has 0 saturated heterocycles. The summed E-state index contributed by atoms with van der Waals surface area (Å²) in [5.74, 6) is -0.319. The predicted octanol–water partition coefficient (Wildman–Crippen LogP) is 2.50. The van der Waals surface area contributed by atoms with Gasteiger partial charge in [-0.2, -0.15) is 0 Å². The summed E-state index contributed by atoms with van der Waals surface area (Å²) in [6, 6.07) is 9.52. The number of carbonyl (C=O) groups is 2. The molecule has 0 aliphatic heterocycles. The number of nitrogens with one attached hydrogen (secondary N) is 1. The zero-order valence-electron chi connectivity index (χ0n) is 14.5. The maximum Gasteiger partial charge on any atom is 0.245 e. The minimum absolute atomic E-state index is 0.00795. The average molecular weight is 361 g/mol. The zero-order chi connectivity index (χ0) is 18.1. The summed E-state index contributed by atoms with van der Waals surface area (Å²) < 4.78 is 5.05. The van der Waals surface area contributed by atoms with E-state index in [0.29, 0.717) is 24.7 Å². The van der Waals surface area contributed by atoms with Crippen molar-refractivity contribution < 1.29 is 14.3 Å². The summed E-state index contributed by atoms with van der Waals surface area (Å²) >= 11 is 1.37. The summed E-state index contributed by atoms with van der Waals surface area (Å²) in [6.07, 6.45) is 0.956. The Balaban J connectivity index is 1.96. The number of hydrogen-bond donors (Lipinski definition) is 1. The molecule has 1 N–H and O–H groups in total. The van der Waals surface area contributed by atoms with Gasteiger partial charge in [-0.15, -0.1) is 11.3 Å². The molecule has 0 spiro atoms. The van der Waals surface area contributed by atoms with E-state index in [1.807, 2.05) is 42.6 Å². The van der Waals surface area contributed by atoms with Gasteiger partial charge in [0.2, 0.25) is 11.8 Å². The first-order valence-corrected chi connectivity index (χ1v) is 8.99. The third kappa shape index (κ3) is 6.64. The standard InChI is InChI=1S/C18H23N3O3S/c1-14-13-25-18(19-14)20-16(22)12-21(9-6-10-24-2)17(23)11-15-7-4-3-5-8-15/h3-5,7-8,13H,6,9-12H2,1-2H3,(H,19,20,22). The maximum absolute atomic E-state index is 12.6. The number of ether oxygens (including phenoxy) is 1. The number of anilines is 1. The monoisotopic (exact) mass is 361 g/mol. The van der Waals surface area contributed by atoms with Crippen LogP contribution in [0.4, 0.5) is 5.13 Å². The molecule has 0 fully saturated rings. The number of aryl methyl sites for hydroxylation is 1. The van der Waals surface area contributed by atoms with E-state index in [9.17, 15) is 9.59 Å². The highest BCUT2D eigenvalue weighted by atomic mass is 32.1. The van der Waals surface area contributed by atoms with E-state index in [1.165, 1.54) is 11.3 Å². The molecule has 134 valence electrons. The number of rotatable bonds is 9. The molecule has 2 amide bonds. The van der Waals surface area contributed by atoms with E-state index in [4.69, 9.17) is 4.74 Å². The molecule has 1 aromatic heterocycles. The van der Waals surface area contributed by atoms with E-state index in [1.54, 1.807) is 12.0 Å². The van der Waals surface area contributed by atoms with Crippen molar-refractivity contribution in [1.82, 2.24) is 9.88 Å². The number of carbonyl (C=O) groups excluding carboxylic acids is 2. The van der Waals surface area contributed by atoms with Gasteiger partial charge >= 0.3 is 0 Å². The fourth-order valence-electron chi connectivity index (χ4n) is 2.32. The van der Waals surface area contributed by atoms with Crippen LogP contribution < -0.4 is 5.32 Å². The van der Waals surface area contributed by atoms with E-state index in [2.05, 4.69) is 10.3 Å². The van der Waals surface area contributed by atoms with Gasteiger partial charge in [-0.25, -0.2) is 4.98 Å². The second-order valence-electron chi connectivity index (χ2n) is 5.67. The Morgan fingerprint density at radius 1 is 1.28 bits per heavy atom. The van der Waals surface area contributed by atoms with Gasteiger partial charge in [0.15, 0.2) is 5.13 Å². The second kappa shape index (κ2) is 9.90. The Bertz CT molecular complexity index is 688. The van der Waals surface area contributed by atoms with Gasteiger partial charge in [0.05, 0.1) is 18.7 Å². The van der Waals surface area contributed by atoms with Crippen LogP contribution in [0.2, 0.25) is 0 Å². The van der Waals surface area contributed by atoms with Gasteiger partial charge in [0, 0.05) is 25.6 Å². The van der Waals surface area contributed by atoms with Crippen molar-refractivity contribution in [2.45, 2.75) is 19.8 Å². The molecule has 7 heteroatoms. The molecule has 0 radical (unpaired) electrons. The van der Waals surface area contributed by atoms with Crippen LogP contribution in [-0.2, 0) is 20.7 Å². The van der Waals surface area contributed by atoms with Crippen LogP contribution in [0.1, 0.15) is 17.7 Å². The Morgan fingerprint density at radius 3 is 2.68 bits per heavy atom. The van der Waals surface area contributed by atoms with Crippen molar-refractivity contribution in [2.24, 2.45) is 0 Å². The van der Waals surface area contributed by atoms with Crippen molar-refractivity contribution in [3.05, 3.63) is 47.0 Å². The molecule has 0 unspecified atom stereocenters. The summed E-state index contributed by atoms with van der Waals surface area (Å²) in [7, 11) is 1.62. The van der Waals surface area contributed by atoms with Gasteiger partial charge in [0.1, 0.15) is 0 Å². The third-order valence-corrected chi connectivity index (χ3v) is 4.40. The van der Waals surface area contributed by atoms with Crippen molar-refractivity contribution >= 4 is 28.3 Å². The lowest BCUT2D eigenvalue weighted by Crippen LogP contribution is -2.39. The molecule has 2 aromatic rings. The smallest absolute Gasteiger partial charge is 0.245 e. The number of benzene rings is 1. The lowest BCUT2D eigenvalue weighted by atomic mass is 10.1. The largest absolute Gasteiger partial charge is 0.385 e. The highest BCUT2D eigenvalue weighted by Gasteiger charge is 2.18. The third-order valence-electron chi connectivity index (χ3n) is 3.53. The number of hydrogen-bond acceptors (Lipinski definition) is 5. The van der Waals surface area contributed by atoms with Gasteiger partial charge in [0.25, 0.3) is 0 Å². The average Bonchev–Trinajstić information content (AvgIpc) is 2.99. The van der Waals surface area contributed by atoms with Gasteiger partial charge < -0.3 is 15.0 Å². The van der Waals surface area contributed by atoms with Gasteiger partial charge in [-0.05, 0) is 18.9 Å². The van der Waals surface area contributed by atoms with Crippen molar-refractivity contribution in [3.63, 3.8) is 0 Å². The highest BCUT2D eigenvalue weighted by Crippen LogP contribution is 2.14. The normalized spacial score (nSPS) is 10.5. The van der Waals surface area contributed by atoms with Crippen molar-refractivity contribution in [1.29, 1.82) is 0 Å². The predicted molar refractivity (Wildman–Crippen MR) is 98.7 cm³/mol. The number of methoxy groups -OCH3 is 1. The van der Waals surface area contributed by atoms with E-state index >= 15 is 0 Å². The summed E-state index contributed by atoms with van der Waals surface area (Å²) in [5.41, 5.74) is 1.79. The number of aromatic nitrogens is 1. The molecule has 0 aliphatic carbocycles. The summed E-state index contributed by atoms with van der Waals surface area (Å²) in [5, 5.41) is 5.16. The number of thiazole rings is 1. The molecule has 6 nitrogen and oxygen atoms in total. The minimum Gasteiger partial charge on any atom is -0.385 e. The topological polar surface area (TPSA) is 71.5 Å². The summed E-state index contributed by atoms with van der Waals surface area (Å²) in [6.45, 7) is 2.90. The molecule has 1 heterocycles. The quantitative estimate of drug-likeness (QED) is 0.697. The van der Waals surface area contributed by atoms with Crippen LogP contribution >= 0.6 is 11.3 Å². The zero-order valence-corrected chi connectivity index (χ0v) is 15.3. The fraction of sp³-hybridized carbons (Fsp3) is 0.389. The fourth-order valence-corrected chi connectivity index (χ4v) is 3.02.